The lowest BCUT2D eigenvalue weighted by atomic mass is 10.0. The number of hydrogen-bond acceptors (Lipinski definition) is 4. The molecule has 0 fully saturated rings. The van der Waals surface area contributed by atoms with E-state index in [1.54, 1.807) is 0 Å². The number of rotatable bonds is 4. The molecule has 0 saturated carbocycles. The highest BCUT2D eigenvalue weighted by molar-refractivity contribution is 6.31. The van der Waals surface area contributed by atoms with E-state index in [4.69, 9.17) is 21.4 Å². The Hall–Kier alpha value is -2.14. The predicted molar refractivity (Wildman–Crippen MR) is 79.3 cm³/mol. The van der Waals surface area contributed by atoms with Gasteiger partial charge in [0.05, 0.1) is 5.56 Å². The molecule has 5 nitrogen and oxygen atoms in total. The van der Waals surface area contributed by atoms with Crippen molar-refractivity contribution in [3.63, 3.8) is 0 Å². The van der Waals surface area contributed by atoms with E-state index in [2.05, 4.69) is 9.97 Å². The number of ether oxygens (including phenoxy) is 1. The number of carbonyl (C=O) groups is 1. The van der Waals surface area contributed by atoms with E-state index in [-0.39, 0.29) is 17.5 Å². The molecule has 1 aromatic carbocycles. The summed E-state index contributed by atoms with van der Waals surface area (Å²) in [4.78, 5) is 18.5. The quantitative estimate of drug-likeness (QED) is 0.922. The molecule has 6 heteroatoms. The van der Waals surface area contributed by atoms with Crippen molar-refractivity contribution in [3.8, 4) is 11.8 Å². The largest absolute Gasteiger partial charge is 0.478 e. The highest BCUT2D eigenvalue weighted by Crippen LogP contribution is 2.32. The van der Waals surface area contributed by atoms with Crippen LogP contribution in [0.15, 0.2) is 24.5 Å². The van der Waals surface area contributed by atoms with Crippen LogP contribution >= 0.6 is 11.6 Å². The SMILES string of the molecule is Cc1cc(Cl)c(C(C)C)cc1Oc1ncc(C(=O)O)cn1. The lowest BCUT2D eigenvalue weighted by Gasteiger charge is -2.13. The fourth-order valence-corrected chi connectivity index (χ4v) is 2.24. The van der Waals surface area contributed by atoms with E-state index in [1.807, 2.05) is 32.9 Å². The number of carboxylic acids is 1. The Kier molecular flexibility index (Phi) is 4.43. The minimum Gasteiger partial charge on any atom is -0.478 e. The van der Waals surface area contributed by atoms with Gasteiger partial charge in [0.1, 0.15) is 5.75 Å². The van der Waals surface area contributed by atoms with E-state index in [0.717, 1.165) is 11.1 Å². The van der Waals surface area contributed by atoms with Crippen LogP contribution in [-0.2, 0) is 0 Å². The second-order valence-electron chi connectivity index (χ2n) is 4.96. The summed E-state index contributed by atoms with van der Waals surface area (Å²) < 4.78 is 5.62. The first kappa shape index (κ1) is 15.3. The van der Waals surface area contributed by atoms with Crippen LogP contribution in [0.2, 0.25) is 5.02 Å². The normalized spacial score (nSPS) is 10.7. The molecule has 0 bridgehead atoms. The first-order valence-electron chi connectivity index (χ1n) is 6.41. The van der Waals surface area contributed by atoms with Gasteiger partial charge in [0.2, 0.25) is 0 Å². The lowest BCUT2D eigenvalue weighted by molar-refractivity contribution is 0.0696. The van der Waals surface area contributed by atoms with Crippen molar-refractivity contribution in [2.45, 2.75) is 26.7 Å². The standard InChI is InChI=1S/C15H15ClN2O3/c1-8(2)11-5-13(9(3)4-12(11)16)21-15-17-6-10(7-18-15)14(19)20/h4-8H,1-3H3,(H,19,20). The van der Waals surface area contributed by atoms with Crippen LogP contribution in [0.25, 0.3) is 0 Å². The Bertz CT molecular complexity index is 669. The van der Waals surface area contributed by atoms with Gasteiger partial charge in [-0.1, -0.05) is 25.4 Å². The third-order valence-electron chi connectivity index (χ3n) is 2.99. The number of hydrogen-bond donors (Lipinski definition) is 1. The molecular formula is C15H15ClN2O3. The van der Waals surface area contributed by atoms with Gasteiger partial charge >= 0.3 is 12.0 Å². The summed E-state index contributed by atoms with van der Waals surface area (Å²) in [6.45, 7) is 5.95. The molecule has 0 amide bonds. The summed E-state index contributed by atoms with van der Waals surface area (Å²) in [5.74, 6) is -0.215. The summed E-state index contributed by atoms with van der Waals surface area (Å²) in [6.07, 6.45) is 2.42. The molecule has 110 valence electrons. The van der Waals surface area contributed by atoms with Gasteiger partial charge in [0.25, 0.3) is 0 Å². The topological polar surface area (TPSA) is 72.3 Å². The zero-order chi connectivity index (χ0) is 15.6. The average molecular weight is 307 g/mol. The molecule has 1 heterocycles. The Balaban J connectivity index is 2.30. The smallest absolute Gasteiger partial charge is 0.338 e. The molecule has 1 aromatic heterocycles. The van der Waals surface area contributed by atoms with Crippen molar-refractivity contribution in [3.05, 3.63) is 46.2 Å². The van der Waals surface area contributed by atoms with Crippen molar-refractivity contribution >= 4 is 17.6 Å². The summed E-state index contributed by atoms with van der Waals surface area (Å²) in [7, 11) is 0. The fraction of sp³-hybridized carbons (Fsp3) is 0.267. The van der Waals surface area contributed by atoms with Crippen molar-refractivity contribution in [2.24, 2.45) is 0 Å². The lowest BCUT2D eigenvalue weighted by Crippen LogP contribution is -2.01. The number of aromatic nitrogens is 2. The summed E-state index contributed by atoms with van der Waals surface area (Å²) in [6, 6.07) is 3.79. The van der Waals surface area contributed by atoms with Gasteiger partial charge in [0, 0.05) is 17.4 Å². The maximum absolute atomic E-state index is 10.7. The van der Waals surface area contributed by atoms with Crippen molar-refractivity contribution in [2.75, 3.05) is 0 Å². The van der Waals surface area contributed by atoms with E-state index in [1.165, 1.54) is 12.4 Å². The third-order valence-corrected chi connectivity index (χ3v) is 3.32. The van der Waals surface area contributed by atoms with Gasteiger partial charge in [-0.25, -0.2) is 14.8 Å². The van der Waals surface area contributed by atoms with Gasteiger partial charge in [-0.15, -0.1) is 0 Å². The van der Waals surface area contributed by atoms with Crippen LogP contribution in [0.5, 0.6) is 11.8 Å². The third kappa shape index (κ3) is 3.49. The van der Waals surface area contributed by atoms with Gasteiger partial charge in [-0.05, 0) is 36.1 Å². The van der Waals surface area contributed by atoms with E-state index < -0.39 is 5.97 Å². The van der Waals surface area contributed by atoms with E-state index in [9.17, 15) is 4.79 Å². The molecule has 0 aliphatic carbocycles. The Morgan fingerprint density at radius 1 is 1.29 bits per heavy atom. The maximum Gasteiger partial charge on any atom is 0.338 e. The van der Waals surface area contributed by atoms with Gasteiger partial charge < -0.3 is 9.84 Å². The van der Waals surface area contributed by atoms with Crippen LogP contribution in [0.1, 0.15) is 41.3 Å². The molecule has 2 rings (SSSR count). The first-order chi connectivity index (χ1) is 9.88. The Labute approximate surface area is 127 Å². The summed E-state index contributed by atoms with van der Waals surface area (Å²) in [5, 5.41) is 9.49. The molecule has 0 spiro atoms. The Morgan fingerprint density at radius 3 is 2.43 bits per heavy atom. The first-order valence-corrected chi connectivity index (χ1v) is 6.79. The number of aromatic carboxylic acids is 1. The molecular weight excluding hydrogens is 292 g/mol. The van der Waals surface area contributed by atoms with E-state index >= 15 is 0 Å². The molecule has 0 unspecified atom stereocenters. The molecule has 1 N–H and O–H groups in total. The number of carboxylic acid groups (broad SMARTS) is 1. The predicted octanol–water partition coefficient (Wildman–Crippen LogP) is 4.05. The summed E-state index contributed by atoms with van der Waals surface area (Å²) in [5.41, 5.74) is 1.84. The maximum atomic E-state index is 10.7. The van der Waals surface area contributed by atoms with E-state index in [0.29, 0.717) is 10.8 Å². The van der Waals surface area contributed by atoms with Crippen LogP contribution in [0, 0.1) is 6.92 Å². The minimum atomic E-state index is -1.08. The fourth-order valence-electron chi connectivity index (χ4n) is 1.80. The van der Waals surface area contributed by atoms with Crippen LogP contribution < -0.4 is 4.74 Å². The van der Waals surface area contributed by atoms with Gasteiger partial charge in [-0.2, -0.15) is 0 Å². The summed E-state index contributed by atoms with van der Waals surface area (Å²) >= 11 is 6.20. The zero-order valence-corrected chi connectivity index (χ0v) is 12.7. The highest BCUT2D eigenvalue weighted by Gasteiger charge is 2.12. The van der Waals surface area contributed by atoms with Crippen LogP contribution in [0.4, 0.5) is 0 Å². The van der Waals surface area contributed by atoms with Crippen molar-refractivity contribution in [1.29, 1.82) is 0 Å². The van der Waals surface area contributed by atoms with Gasteiger partial charge in [-0.3, -0.25) is 0 Å². The molecule has 21 heavy (non-hydrogen) atoms. The monoisotopic (exact) mass is 306 g/mol. The Morgan fingerprint density at radius 2 is 1.90 bits per heavy atom. The molecule has 0 radical (unpaired) electrons. The molecule has 2 aromatic rings. The molecule has 0 saturated heterocycles. The second-order valence-corrected chi connectivity index (χ2v) is 5.36. The van der Waals surface area contributed by atoms with Crippen LogP contribution in [-0.4, -0.2) is 21.0 Å². The molecule has 0 aliphatic rings. The van der Waals surface area contributed by atoms with Crippen molar-refractivity contribution in [1.82, 2.24) is 9.97 Å². The van der Waals surface area contributed by atoms with Crippen molar-refractivity contribution < 1.29 is 14.6 Å². The molecule has 0 atom stereocenters. The minimum absolute atomic E-state index is 0.0121. The highest BCUT2D eigenvalue weighted by atomic mass is 35.5. The number of halogens is 1. The second kappa shape index (κ2) is 6.10. The zero-order valence-electron chi connectivity index (χ0n) is 11.9. The number of benzene rings is 1. The molecule has 0 aliphatic heterocycles. The number of aryl methyl sites for hydroxylation is 1. The van der Waals surface area contributed by atoms with Gasteiger partial charge in [0.15, 0.2) is 0 Å². The average Bonchev–Trinajstić information content (AvgIpc) is 2.42. The van der Waals surface area contributed by atoms with Crippen LogP contribution in [0.3, 0.4) is 0 Å². The number of nitrogens with zero attached hydrogens (tertiary/aromatic N) is 2.